The van der Waals surface area contributed by atoms with Gasteiger partial charge in [-0.2, -0.15) is 0 Å². The molecule has 7 heteroatoms. The Labute approximate surface area is 226 Å². The number of piperazine rings is 1. The second-order valence-corrected chi connectivity index (χ2v) is 9.64. The van der Waals surface area contributed by atoms with Crippen molar-refractivity contribution in [3.05, 3.63) is 114 Å². The van der Waals surface area contributed by atoms with Crippen LogP contribution in [0.5, 0.6) is 0 Å². The van der Waals surface area contributed by atoms with Gasteiger partial charge >= 0.3 is 0 Å². The fourth-order valence-corrected chi connectivity index (χ4v) is 5.02. The van der Waals surface area contributed by atoms with E-state index in [0.717, 1.165) is 39.2 Å². The molecule has 0 saturated carbocycles. The highest BCUT2D eigenvalue weighted by atomic mass is 35.5. The number of halogens is 1. The van der Waals surface area contributed by atoms with Gasteiger partial charge in [-0.15, -0.1) is 0 Å². The number of carbonyl (C=O) groups excluding carboxylic acids is 1. The molecular formula is C31H26ClN5O. The van der Waals surface area contributed by atoms with E-state index in [1.807, 2.05) is 71.6 Å². The summed E-state index contributed by atoms with van der Waals surface area (Å²) < 4.78 is 2.13. The Morgan fingerprint density at radius 3 is 2.21 bits per heavy atom. The number of benzene rings is 3. The Kier molecular flexibility index (Phi) is 6.63. The lowest BCUT2D eigenvalue weighted by Crippen LogP contribution is -2.48. The van der Waals surface area contributed by atoms with Crippen molar-refractivity contribution in [2.75, 3.05) is 31.1 Å². The molecule has 1 aliphatic rings. The maximum atomic E-state index is 12.9. The quantitative estimate of drug-likeness (QED) is 0.263. The lowest BCUT2D eigenvalue weighted by Gasteiger charge is -2.35. The molecule has 1 aliphatic heterocycles. The summed E-state index contributed by atoms with van der Waals surface area (Å²) in [6, 6.07) is 28.0. The number of amides is 1. The van der Waals surface area contributed by atoms with E-state index in [1.54, 1.807) is 12.4 Å². The Morgan fingerprint density at radius 2 is 1.50 bits per heavy atom. The van der Waals surface area contributed by atoms with Crippen molar-refractivity contribution in [3.63, 3.8) is 0 Å². The molecule has 3 aromatic carbocycles. The van der Waals surface area contributed by atoms with Gasteiger partial charge in [-0.05, 0) is 41.5 Å². The van der Waals surface area contributed by atoms with Gasteiger partial charge in [-0.3, -0.25) is 4.79 Å². The first-order valence-corrected chi connectivity index (χ1v) is 13.0. The highest BCUT2D eigenvalue weighted by molar-refractivity contribution is 6.30. The highest BCUT2D eigenvalue weighted by Crippen LogP contribution is 2.37. The molecule has 0 unspecified atom stereocenters. The molecule has 188 valence electrons. The molecule has 0 atom stereocenters. The summed E-state index contributed by atoms with van der Waals surface area (Å²) in [6.07, 6.45) is 7.25. The van der Waals surface area contributed by atoms with E-state index < -0.39 is 0 Å². The summed E-state index contributed by atoms with van der Waals surface area (Å²) >= 11 is 5.96. The molecule has 0 aliphatic carbocycles. The molecule has 1 amide bonds. The predicted molar refractivity (Wildman–Crippen MR) is 154 cm³/mol. The maximum absolute atomic E-state index is 12.9. The van der Waals surface area contributed by atoms with Gasteiger partial charge in [0.2, 0.25) is 5.91 Å². The van der Waals surface area contributed by atoms with Gasteiger partial charge in [0.05, 0.1) is 5.39 Å². The maximum Gasteiger partial charge on any atom is 0.246 e. The largest absolute Gasteiger partial charge is 0.352 e. The molecule has 0 spiro atoms. The third kappa shape index (κ3) is 4.78. The van der Waals surface area contributed by atoms with E-state index >= 15 is 0 Å². The average Bonchev–Trinajstić information content (AvgIpc) is 3.38. The molecule has 3 heterocycles. The first kappa shape index (κ1) is 23.9. The fourth-order valence-electron chi connectivity index (χ4n) is 4.89. The Bertz CT molecular complexity index is 1590. The van der Waals surface area contributed by atoms with E-state index in [0.29, 0.717) is 31.2 Å². The third-order valence-electron chi connectivity index (χ3n) is 6.86. The molecule has 5 aromatic rings. The van der Waals surface area contributed by atoms with Crippen molar-refractivity contribution in [3.8, 4) is 16.8 Å². The first-order chi connectivity index (χ1) is 18.7. The number of carbonyl (C=O) groups is 1. The van der Waals surface area contributed by atoms with Gasteiger partial charge in [-0.1, -0.05) is 72.3 Å². The molecule has 0 N–H and O–H groups in total. The van der Waals surface area contributed by atoms with Crippen LogP contribution in [0.15, 0.2) is 104 Å². The predicted octanol–water partition coefficient (Wildman–Crippen LogP) is 6.10. The van der Waals surface area contributed by atoms with Crippen LogP contribution in [0.2, 0.25) is 5.02 Å². The number of anilines is 1. The van der Waals surface area contributed by atoms with Crippen molar-refractivity contribution < 1.29 is 4.79 Å². The number of rotatable bonds is 5. The van der Waals surface area contributed by atoms with Gasteiger partial charge in [0.15, 0.2) is 5.65 Å². The topological polar surface area (TPSA) is 54.3 Å². The van der Waals surface area contributed by atoms with Crippen LogP contribution in [0.25, 0.3) is 33.9 Å². The zero-order valence-corrected chi connectivity index (χ0v) is 21.5. The molecule has 6 rings (SSSR count). The third-order valence-corrected chi connectivity index (χ3v) is 7.11. The minimum Gasteiger partial charge on any atom is -0.352 e. The SMILES string of the molecule is O=C(/C=C/c1ccc(Cl)cc1)N1CCN(c2ncnc3c2c(-c2ccccc2)cn3-c2ccccc2)CC1. The molecule has 2 aromatic heterocycles. The van der Waals surface area contributed by atoms with Gasteiger partial charge in [0.1, 0.15) is 12.1 Å². The van der Waals surface area contributed by atoms with Gasteiger partial charge in [0.25, 0.3) is 0 Å². The number of nitrogens with zero attached hydrogens (tertiary/aromatic N) is 5. The van der Waals surface area contributed by atoms with Crippen molar-refractivity contribution in [1.82, 2.24) is 19.4 Å². The fraction of sp³-hybridized carbons (Fsp3) is 0.129. The van der Waals surface area contributed by atoms with E-state index in [4.69, 9.17) is 21.6 Å². The van der Waals surface area contributed by atoms with Crippen molar-refractivity contribution in [2.45, 2.75) is 0 Å². The first-order valence-electron chi connectivity index (χ1n) is 12.6. The number of para-hydroxylation sites is 1. The summed E-state index contributed by atoms with van der Waals surface area (Å²) in [4.78, 5) is 26.5. The Morgan fingerprint density at radius 1 is 0.816 bits per heavy atom. The normalized spacial score (nSPS) is 13.9. The summed E-state index contributed by atoms with van der Waals surface area (Å²) in [5.41, 5.74) is 5.06. The van der Waals surface area contributed by atoms with Crippen LogP contribution in [0.3, 0.4) is 0 Å². The van der Waals surface area contributed by atoms with Crippen LogP contribution >= 0.6 is 11.6 Å². The molecule has 1 fully saturated rings. The molecule has 0 radical (unpaired) electrons. The monoisotopic (exact) mass is 519 g/mol. The lowest BCUT2D eigenvalue weighted by molar-refractivity contribution is -0.126. The molecule has 1 saturated heterocycles. The van der Waals surface area contributed by atoms with Gasteiger partial charge in [0, 0.05) is 54.7 Å². The highest BCUT2D eigenvalue weighted by Gasteiger charge is 2.25. The van der Waals surface area contributed by atoms with Gasteiger partial charge in [-0.25, -0.2) is 9.97 Å². The van der Waals surface area contributed by atoms with Crippen LogP contribution in [0.4, 0.5) is 5.82 Å². The molecular weight excluding hydrogens is 494 g/mol. The number of aromatic nitrogens is 3. The molecule has 38 heavy (non-hydrogen) atoms. The molecule has 0 bridgehead atoms. The van der Waals surface area contributed by atoms with Crippen LogP contribution in [-0.2, 0) is 4.79 Å². The van der Waals surface area contributed by atoms with E-state index in [9.17, 15) is 4.79 Å². The van der Waals surface area contributed by atoms with E-state index in [1.165, 1.54) is 0 Å². The van der Waals surface area contributed by atoms with Crippen molar-refractivity contribution in [1.29, 1.82) is 0 Å². The van der Waals surface area contributed by atoms with E-state index in [-0.39, 0.29) is 5.91 Å². The number of fused-ring (bicyclic) bond motifs is 1. The van der Waals surface area contributed by atoms with Crippen molar-refractivity contribution in [2.24, 2.45) is 0 Å². The van der Waals surface area contributed by atoms with Crippen LogP contribution in [-0.4, -0.2) is 51.5 Å². The summed E-state index contributed by atoms with van der Waals surface area (Å²) in [5.74, 6) is 0.903. The number of hydrogen-bond acceptors (Lipinski definition) is 4. The molecule has 6 nitrogen and oxygen atoms in total. The van der Waals surface area contributed by atoms with Crippen LogP contribution in [0.1, 0.15) is 5.56 Å². The van der Waals surface area contributed by atoms with Crippen LogP contribution in [0, 0.1) is 0 Å². The van der Waals surface area contributed by atoms with Gasteiger partial charge < -0.3 is 14.4 Å². The minimum atomic E-state index is 0.00707. The summed E-state index contributed by atoms with van der Waals surface area (Å²) in [7, 11) is 0. The Balaban J connectivity index is 1.29. The van der Waals surface area contributed by atoms with Crippen LogP contribution < -0.4 is 4.90 Å². The lowest BCUT2D eigenvalue weighted by atomic mass is 10.1. The van der Waals surface area contributed by atoms with E-state index in [2.05, 4.69) is 39.9 Å². The second-order valence-electron chi connectivity index (χ2n) is 9.21. The number of hydrogen-bond donors (Lipinski definition) is 0. The zero-order valence-electron chi connectivity index (χ0n) is 20.7. The summed E-state index contributed by atoms with van der Waals surface area (Å²) in [6.45, 7) is 2.62. The second kappa shape index (κ2) is 10.5. The standard InChI is InChI=1S/C31H26ClN5O/c32-25-14-11-23(12-15-25)13-16-28(38)35-17-19-36(20-18-35)30-29-27(24-7-3-1-4-8-24)21-37(31(29)34-22-33-30)26-9-5-2-6-10-26/h1-16,21-22H,17-20H2/b16-13+. The average molecular weight is 520 g/mol. The Hall–Kier alpha value is -4.42. The zero-order chi connectivity index (χ0) is 25.9. The van der Waals surface area contributed by atoms with Crippen molar-refractivity contribution >= 4 is 40.4 Å². The smallest absolute Gasteiger partial charge is 0.246 e. The minimum absolute atomic E-state index is 0.00707. The summed E-state index contributed by atoms with van der Waals surface area (Å²) in [5, 5.41) is 1.70.